The second-order valence-corrected chi connectivity index (χ2v) is 9.17. The minimum atomic E-state index is 0.587. The van der Waals surface area contributed by atoms with Crippen LogP contribution in [0, 0.1) is 0 Å². The van der Waals surface area contributed by atoms with E-state index in [9.17, 15) is 0 Å². The van der Waals surface area contributed by atoms with Crippen LogP contribution in [0.2, 0.25) is 0 Å². The molecule has 0 amide bonds. The summed E-state index contributed by atoms with van der Waals surface area (Å²) in [5, 5.41) is 1.17. The third kappa shape index (κ3) is 5.95. The first kappa shape index (κ1) is 22.0. The van der Waals surface area contributed by atoms with Crippen LogP contribution in [0.25, 0.3) is 0 Å². The average Bonchev–Trinajstić information content (AvgIpc) is 2.83. The van der Waals surface area contributed by atoms with E-state index in [-0.39, 0.29) is 0 Å². The predicted molar refractivity (Wildman–Crippen MR) is 130 cm³/mol. The summed E-state index contributed by atoms with van der Waals surface area (Å²) in [4.78, 5) is 9.93. The van der Waals surface area contributed by atoms with Crippen LogP contribution < -0.4 is 9.47 Å². The van der Waals surface area contributed by atoms with Gasteiger partial charge in [-0.1, -0.05) is 36.0 Å². The van der Waals surface area contributed by atoms with E-state index in [0.29, 0.717) is 6.04 Å². The van der Waals surface area contributed by atoms with E-state index in [2.05, 4.69) is 41.1 Å². The van der Waals surface area contributed by atoms with Gasteiger partial charge >= 0.3 is 0 Å². The molecule has 2 aliphatic heterocycles. The first-order valence-corrected chi connectivity index (χ1v) is 12.2. The number of rotatable bonds is 8. The zero-order valence-corrected chi connectivity index (χ0v) is 19.4. The molecule has 0 aromatic heterocycles. The smallest absolute Gasteiger partial charge is 0.164 e. The summed E-state index contributed by atoms with van der Waals surface area (Å²) in [7, 11) is 3.90. The van der Waals surface area contributed by atoms with Crippen LogP contribution in [0.3, 0.4) is 0 Å². The number of likely N-dealkylation sites (tertiary alicyclic amines) is 1. The second-order valence-electron chi connectivity index (χ2n) is 8.23. The van der Waals surface area contributed by atoms with Crippen LogP contribution in [0.5, 0.6) is 11.5 Å². The van der Waals surface area contributed by atoms with Crippen molar-refractivity contribution in [1.82, 2.24) is 9.80 Å². The Morgan fingerprint density at radius 1 is 1.06 bits per heavy atom. The number of ether oxygens (including phenoxy) is 2. The van der Waals surface area contributed by atoms with Gasteiger partial charge in [-0.3, -0.25) is 0 Å². The molecular weight excluding hydrogens is 406 g/mol. The van der Waals surface area contributed by atoms with Gasteiger partial charge in [-0.15, -0.1) is 0 Å². The lowest BCUT2D eigenvalue weighted by Crippen LogP contribution is -2.45. The molecular formula is C25H33N3O2S. The Balaban J connectivity index is 1.15. The van der Waals surface area contributed by atoms with Crippen LogP contribution in [-0.4, -0.2) is 61.4 Å². The Hall–Kier alpha value is -2.18. The number of aliphatic imine (C=N–C) groups is 1. The molecule has 5 nitrogen and oxygen atoms in total. The van der Waals surface area contributed by atoms with Gasteiger partial charge in [0.05, 0.1) is 19.4 Å². The van der Waals surface area contributed by atoms with Crippen molar-refractivity contribution in [1.29, 1.82) is 0 Å². The molecule has 1 saturated heterocycles. The van der Waals surface area contributed by atoms with Crippen LogP contribution in [-0.2, 0) is 5.75 Å². The van der Waals surface area contributed by atoms with Crippen molar-refractivity contribution in [3.05, 3.63) is 54.1 Å². The number of piperidine rings is 1. The molecule has 31 heavy (non-hydrogen) atoms. The van der Waals surface area contributed by atoms with Crippen molar-refractivity contribution in [2.75, 3.05) is 40.4 Å². The molecule has 166 valence electrons. The van der Waals surface area contributed by atoms with Crippen molar-refractivity contribution >= 4 is 22.6 Å². The Kier molecular flexibility index (Phi) is 7.76. The molecule has 0 atom stereocenters. The molecule has 6 heteroatoms. The molecule has 0 aliphatic carbocycles. The maximum atomic E-state index is 5.86. The molecule has 4 rings (SSSR count). The van der Waals surface area contributed by atoms with Crippen LogP contribution in [0.1, 0.15) is 31.2 Å². The number of unbranched alkanes of at least 4 members (excludes halogenated alkanes) is 1. The van der Waals surface area contributed by atoms with Gasteiger partial charge in [0, 0.05) is 38.0 Å². The van der Waals surface area contributed by atoms with Crippen molar-refractivity contribution in [2.45, 2.75) is 37.5 Å². The SMILES string of the molecule is COc1cccc(OCCCCN2CCC(N(C)C3=Nc4ccccc4CS3)CC2)c1. The van der Waals surface area contributed by atoms with Gasteiger partial charge < -0.3 is 19.3 Å². The molecule has 0 spiro atoms. The molecule has 0 bridgehead atoms. The van der Waals surface area contributed by atoms with Gasteiger partial charge in [0.2, 0.25) is 0 Å². The van der Waals surface area contributed by atoms with Gasteiger partial charge in [0.1, 0.15) is 11.5 Å². The van der Waals surface area contributed by atoms with Crippen LogP contribution >= 0.6 is 11.8 Å². The lowest BCUT2D eigenvalue weighted by Gasteiger charge is -2.38. The third-order valence-corrected chi connectivity index (χ3v) is 7.24. The first-order valence-electron chi connectivity index (χ1n) is 11.2. The molecule has 2 aliphatic rings. The lowest BCUT2D eigenvalue weighted by molar-refractivity contribution is 0.162. The lowest BCUT2D eigenvalue weighted by atomic mass is 10.0. The van der Waals surface area contributed by atoms with Crippen molar-refractivity contribution < 1.29 is 9.47 Å². The van der Waals surface area contributed by atoms with E-state index in [4.69, 9.17) is 14.5 Å². The number of nitrogens with zero attached hydrogens (tertiary/aromatic N) is 3. The number of thioether (sulfide) groups is 1. The second kappa shape index (κ2) is 10.9. The van der Waals surface area contributed by atoms with Gasteiger partial charge in [-0.2, -0.15) is 0 Å². The Labute approximate surface area is 190 Å². The molecule has 2 heterocycles. The highest BCUT2D eigenvalue weighted by Crippen LogP contribution is 2.33. The van der Waals surface area contributed by atoms with E-state index in [1.807, 2.05) is 36.0 Å². The Morgan fingerprint density at radius 2 is 1.87 bits per heavy atom. The largest absolute Gasteiger partial charge is 0.497 e. The maximum Gasteiger partial charge on any atom is 0.164 e. The molecule has 0 unspecified atom stereocenters. The molecule has 2 aromatic rings. The minimum absolute atomic E-state index is 0.587. The number of fused-ring (bicyclic) bond motifs is 1. The average molecular weight is 440 g/mol. The summed E-state index contributed by atoms with van der Waals surface area (Å²) in [6, 6.07) is 16.9. The summed E-state index contributed by atoms with van der Waals surface area (Å²) < 4.78 is 11.1. The van der Waals surface area contributed by atoms with Crippen molar-refractivity contribution in [2.24, 2.45) is 4.99 Å². The van der Waals surface area contributed by atoms with Gasteiger partial charge in [0.15, 0.2) is 5.17 Å². The standard InChI is InChI=1S/C25H33N3O2S/c1-27(25-26-24-11-4-3-8-20(24)19-31-25)21-12-15-28(16-13-21)14-5-6-17-30-23-10-7-9-22(18-23)29-2/h3-4,7-11,18,21H,5-6,12-17,19H2,1-2H3. The van der Waals surface area contributed by atoms with Crippen LogP contribution in [0.4, 0.5) is 5.69 Å². The fraction of sp³-hybridized carbons (Fsp3) is 0.480. The summed E-state index contributed by atoms with van der Waals surface area (Å²) in [6.07, 6.45) is 4.66. The summed E-state index contributed by atoms with van der Waals surface area (Å²) in [5.41, 5.74) is 2.48. The molecule has 2 aromatic carbocycles. The number of methoxy groups -OCH3 is 1. The summed E-state index contributed by atoms with van der Waals surface area (Å²) >= 11 is 1.87. The maximum absolute atomic E-state index is 5.86. The normalized spacial score (nSPS) is 17.0. The number of benzene rings is 2. The molecule has 0 N–H and O–H groups in total. The topological polar surface area (TPSA) is 37.3 Å². The Morgan fingerprint density at radius 3 is 2.71 bits per heavy atom. The van der Waals surface area contributed by atoms with E-state index < -0.39 is 0 Å². The molecule has 0 saturated carbocycles. The molecule has 1 fully saturated rings. The highest BCUT2D eigenvalue weighted by Gasteiger charge is 2.26. The third-order valence-electron chi connectivity index (χ3n) is 6.15. The van der Waals surface area contributed by atoms with Crippen molar-refractivity contribution in [3.63, 3.8) is 0 Å². The highest BCUT2D eigenvalue weighted by atomic mass is 32.2. The monoisotopic (exact) mass is 439 g/mol. The number of hydrogen-bond acceptors (Lipinski definition) is 6. The number of amidine groups is 1. The van der Waals surface area contributed by atoms with Crippen LogP contribution in [0.15, 0.2) is 53.5 Å². The van der Waals surface area contributed by atoms with Gasteiger partial charge in [0.25, 0.3) is 0 Å². The zero-order valence-electron chi connectivity index (χ0n) is 18.6. The van der Waals surface area contributed by atoms with Gasteiger partial charge in [-0.25, -0.2) is 4.99 Å². The fourth-order valence-electron chi connectivity index (χ4n) is 4.21. The summed E-state index contributed by atoms with van der Waals surface area (Å²) in [6.45, 7) is 4.24. The molecule has 0 radical (unpaired) electrons. The van der Waals surface area contributed by atoms with E-state index in [1.54, 1.807) is 7.11 Å². The minimum Gasteiger partial charge on any atom is -0.497 e. The van der Waals surface area contributed by atoms with Gasteiger partial charge in [-0.05, 0) is 56.0 Å². The van der Waals surface area contributed by atoms with E-state index >= 15 is 0 Å². The van der Waals surface area contributed by atoms with Crippen molar-refractivity contribution in [3.8, 4) is 11.5 Å². The highest BCUT2D eigenvalue weighted by molar-refractivity contribution is 8.13. The first-order chi connectivity index (χ1) is 15.2. The quantitative estimate of drug-likeness (QED) is 0.530. The Bertz CT molecular complexity index is 881. The number of hydrogen-bond donors (Lipinski definition) is 0. The zero-order chi connectivity index (χ0) is 21.5. The fourth-order valence-corrected chi connectivity index (χ4v) is 5.25. The summed E-state index contributed by atoms with van der Waals surface area (Å²) in [5.74, 6) is 2.75. The van der Waals surface area contributed by atoms with E-state index in [0.717, 1.165) is 42.5 Å². The van der Waals surface area contributed by atoms with E-state index in [1.165, 1.54) is 43.1 Å². The predicted octanol–water partition coefficient (Wildman–Crippen LogP) is 5.18. The number of para-hydroxylation sites is 1.